The molecule has 25 heavy (non-hydrogen) atoms. The molecule has 0 unspecified atom stereocenters. The summed E-state index contributed by atoms with van der Waals surface area (Å²) in [6.07, 6.45) is 2.49. The van der Waals surface area contributed by atoms with Crippen LogP contribution in [0.4, 0.5) is 4.39 Å². The van der Waals surface area contributed by atoms with Crippen molar-refractivity contribution in [2.75, 3.05) is 0 Å². The molecule has 0 atom stereocenters. The molecule has 8 heteroatoms. The van der Waals surface area contributed by atoms with Crippen LogP contribution in [0.25, 0.3) is 5.69 Å². The van der Waals surface area contributed by atoms with Crippen LogP contribution in [-0.4, -0.2) is 25.0 Å². The smallest absolute Gasteiger partial charge is 0.267 e. The third kappa shape index (κ3) is 3.93. The molecule has 0 aliphatic rings. The van der Waals surface area contributed by atoms with Crippen LogP contribution in [0.2, 0.25) is 5.02 Å². The molecule has 0 saturated carbocycles. The van der Waals surface area contributed by atoms with Gasteiger partial charge in [-0.1, -0.05) is 25.4 Å². The summed E-state index contributed by atoms with van der Waals surface area (Å²) in [6.45, 7) is 4.14. The van der Waals surface area contributed by atoms with Crippen molar-refractivity contribution in [3.8, 4) is 5.69 Å². The van der Waals surface area contributed by atoms with Crippen LogP contribution in [-0.2, 0) is 12.8 Å². The first-order valence-electron chi connectivity index (χ1n) is 7.87. The van der Waals surface area contributed by atoms with Crippen molar-refractivity contribution in [1.82, 2.24) is 25.0 Å². The maximum absolute atomic E-state index is 13.5. The van der Waals surface area contributed by atoms with Gasteiger partial charge in [-0.25, -0.2) is 19.2 Å². The highest BCUT2D eigenvalue weighted by Gasteiger charge is 2.15. The fraction of sp³-hybridized carbons (Fsp3) is 0.294. The first kappa shape index (κ1) is 17.3. The summed E-state index contributed by atoms with van der Waals surface area (Å²) in [6, 6.07) is 5.99. The molecule has 1 N–H and O–H groups in total. The Kier molecular flexibility index (Phi) is 4.94. The molecule has 0 radical (unpaired) electrons. The first-order valence-corrected chi connectivity index (χ1v) is 8.24. The minimum Gasteiger partial charge on any atom is -0.268 e. The van der Waals surface area contributed by atoms with Crippen LogP contribution in [0.3, 0.4) is 0 Å². The van der Waals surface area contributed by atoms with E-state index in [1.807, 2.05) is 0 Å². The normalized spacial score (nSPS) is 11.2. The Morgan fingerprint density at radius 1 is 1.32 bits per heavy atom. The number of hydrogen-bond donors (Lipinski definition) is 1. The molecular formula is C17H17ClFN5O. The van der Waals surface area contributed by atoms with Crippen LogP contribution in [0, 0.1) is 11.7 Å². The van der Waals surface area contributed by atoms with Gasteiger partial charge in [0.25, 0.3) is 5.56 Å². The molecule has 130 valence electrons. The average Bonchev–Trinajstić information content (AvgIpc) is 2.94. The van der Waals surface area contributed by atoms with Gasteiger partial charge < -0.3 is 0 Å². The van der Waals surface area contributed by atoms with Gasteiger partial charge in [0.05, 0.1) is 10.7 Å². The van der Waals surface area contributed by atoms with E-state index in [1.165, 1.54) is 18.3 Å². The Hall–Kier alpha value is -2.54. The number of aromatic amines is 1. The maximum atomic E-state index is 13.5. The zero-order valence-electron chi connectivity index (χ0n) is 13.8. The molecule has 2 aromatic heterocycles. The van der Waals surface area contributed by atoms with E-state index in [2.05, 4.69) is 34.1 Å². The van der Waals surface area contributed by atoms with Crippen LogP contribution >= 0.6 is 11.6 Å². The molecule has 2 heterocycles. The predicted octanol–water partition coefficient (Wildman–Crippen LogP) is 2.93. The number of benzene rings is 1. The third-order valence-corrected chi connectivity index (χ3v) is 3.90. The minimum atomic E-state index is -0.500. The second-order valence-corrected chi connectivity index (χ2v) is 6.55. The largest absolute Gasteiger partial charge is 0.268 e. The quantitative estimate of drug-likeness (QED) is 0.758. The van der Waals surface area contributed by atoms with E-state index in [0.717, 1.165) is 0 Å². The predicted molar refractivity (Wildman–Crippen MR) is 92.5 cm³/mol. The molecule has 1 aromatic carbocycles. The number of nitrogens with zero attached hydrogens (tertiary/aromatic N) is 4. The van der Waals surface area contributed by atoms with Crippen LogP contribution in [0.15, 0.2) is 35.3 Å². The molecule has 0 saturated heterocycles. The van der Waals surface area contributed by atoms with E-state index in [0.29, 0.717) is 35.2 Å². The van der Waals surface area contributed by atoms with E-state index in [9.17, 15) is 9.18 Å². The van der Waals surface area contributed by atoms with E-state index in [1.54, 1.807) is 16.8 Å². The average molecular weight is 362 g/mol. The van der Waals surface area contributed by atoms with E-state index in [-0.39, 0.29) is 17.0 Å². The number of aromatic nitrogens is 5. The molecular weight excluding hydrogens is 345 g/mol. The SMILES string of the molecule is CC(C)Cc1nc(Cc2ccn[nH]c2=O)n(-c2ccc(F)c(Cl)c2)n1. The second kappa shape index (κ2) is 7.14. The Balaban J connectivity index is 2.06. The summed E-state index contributed by atoms with van der Waals surface area (Å²) in [5.41, 5.74) is 0.835. The summed E-state index contributed by atoms with van der Waals surface area (Å²) < 4.78 is 15.1. The van der Waals surface area contributed by atoms with Gasteiger partial charge in [-0.2, -0.15) is 10.2 Å². The highest BCUT2D eigenvalue weighted by Crippen LogP contribution is 2.20. The van der Waals surface area contributed by atoms with Gasteiger partial charge in [0.2, 0.25) is 0 Å². The molecule has 0 fully saturated rings. The van der Waals surface area contributed by atoms with Crippen molar-refractivity contribution in [2.45, 2.75) is 26.7 Å². The zero-order valence-corrected chi connectivity index (χ0v) is 14.6. The highest BCUT2D eigenvalue weighted by atomic mass is 35.5. The number of H-pyrrole nitrogens is 1. The minimum absolute atomic E-state index is 0.00566. The van der Waals surface area contributed by atoms with Crippen molar-refractivity contribution in [3.05, 3.63) is 68.9 Å². The third-order valence-electron chi connectivity index (χ3n) is 3.61. The van der Waals surface area contributed by atoms with Crippen LogP contribution < -0.4 is 5.56 Å². The van der Waals surface area contributed by atoms with Gasteiger partial charge in [-0.3, -0.25) is 4.79 Å². The van der Waals surface area contributed by atoms with Gasteiger partial charge in [-0.05, 0) is 30.2 Å². The van der Waals surface area contributed by atoms with Crippen molar-refractivity contribution in [1.29, 1.82) is 0 Å². The highest BCUT2D eigenvalue weighted by molar-refractivity contribution is 6.30. The lowest BCUT2D eigenvalue weighted by atomic mass is 10.1. The summed E-state index contributed by atoms with van der Waals surface area (Å²) in [7, 11) is 0. The van der Waals surface area contributed by atoms with Crippen LogP contribution in [0.1, 0.15) is 31.1 Å². The summed E-state index contributed by atoms with van der Waals surface area (Å²) in [4.78, 5) is 16.5. The van der Waals surface area contributed by atoms with Gasteiger partial charge in [-0.15, -0.1) is 0 Å². The van der Waals surface area contributed by atoms with Crippen molar-refractivity contribution in [3.63, 3.8) is 0 Å². The second-order valence-electron chi connectivity index (χ2n) is 6.14. The van der Waals surface area contributed by atoms with Crippen LogP contribution in [0.5, 0.6) is 0 Å². The Labute approximate surface area is 148 Å². The summed E-state index contributed by atoms with van der Waals surface area (Å²) >= 11 is 5.89. The molecule has 6 nitrogen and oxygen atoms in total. The van der Waals surface area contributed by atoms with Gasteiger partial charge in [0.1, 0.15) is 11.6 Å². The van der Waals surface area contributed by atoms with E-state index >= 15 is 0 Å². The van der Waals surface area contributed by atoms with Crippen molar-refractivity contribution < 1.29 is 4.39 Å². The van der Waals surface area contributed by atoms with E-state index < -0.39 is 5.82 Å². The van der Waals surface area contributed by atoms with Crippen molar-refractivity contribution >= 4 is 11.6 Å². The lowest BCUT2D eigenvalue weighted by Crippen LogP contribution is -2.15. The Morgan fingerprint density at radius 2 is 2.12 bits per heavy atom. The monoisotopic (exact) mass is 361 g/mol. The fourth-order valence-corrected chi connectivity index (χ4v) is 2.64. The molecule has 0 bridgehead atoms. The molecule has 0 aliphatic heterocycles. The fourth-order valence-electron chi connectivity index (χ4n) is 2.46. The van der Waals surface area contributed by atoms with E-state index in [4.69, 9.17) is 11.6 Å². The summed E-state index contributed by atoms with van der Waals surface area (Å²) in [5, 5.41) is 10.6. The lowest BCUT2D eigenvalue weighted by molar-refractivity contribution is 0.617. The molecule has 3 aromatic rings. The Bertz CT molecular complexity index is 950. The molecule has 0 aliphatic carbocycles. The van der Waals surface area contributed by atoms with Gasteiger partial charge in [0, 0.05) is 24.6 Å². The molecule has 0 amide bonds. The topological polar surface area (TPSA) is 76.5 Å². The number of hydrogen-bond acceptors (Lipinski definition) is 4. The number of rotatable bonds is 5. The molecule has 0 spiro atoms. The number of halogens is 2. The molecule has 3 rings (SSSR count). The first-order chi connectivity index (χ1) is 11.9. The zero-order chi connectivity index (χ0) is 18.0. The van der Waals surface area contributed by atoms with Gasteiger partial charge >= 0.3 is 0 Å². The maximum Gasteiger partial charge on any atom is 0.267 e. The van der Waals surface area contributed by atoms with Gasteiger partial charge in [0.15, 0.2) is 5.82 Å². The summed E-state index contributed by atoms with van der Waals surface area (Å²) in [5.74, 6) is 1.12. The standard InChI is InChI=1S/C17H17ClFN5O/c1-10(2)7-15-21-16(8-11-5-6-20-22-17(11)25)24(23-15)12-3-4-14(19)13(18)9-12/h3-6,9-10H,7-8H2,1-2H3,(H,22,25). The Morgan fingerprint density at radius 3 is 2.80 bits per heavy atom. The number of nitrogens with one attached hydrogen (secondary N) is 1. The lowest BCUT2D eigenvalue weighted by Gasteiger charge is -2.06. The van der Waals surface area contributed by atoms with Crippen molar-refractivity contribution in [2.24, 2.45) is 5.92 Å².